The van der Waals surface area contributed by atoms with Gasteiger partial charge in [0.15, 0.2) is 0 Å². The van der Waals surface area contributed by atoms with Gasteiger partial charge in [-0.25, -0.2) is 13.4 Å². The quantitative estimate of drug-likeness (QED) is 0.868. The van der Waals surface area contributed by atoms with Crippen molar-refractivity contribution in [3.63, 3.8) is 0 Å². The predicted molar refractivity (Wildman–Crippen MR) is 89.7 cm³/mol. The molecule has 0 radical (unpaired) electrons. The van der Waals surface area contributed by atoms with Gasteiger partial charge in [0.2, 0.25) is 9.84 Å². The maximum Gasteiger partial charge on any atom is 0.204 e. The van der Waals surface area contributed by atoms with E-state index in [0.717, 1.165) is 24.0 Å². The summed E-state index contributed by atoms with van der Waals surface area (Å²) in [6.45, 7) is 0. The van der Waals surface area contributed by atoms with Crippen molar-refractivity contribution in [1.29, 1.82) is 0 Å². The number of benzene rings is 1. The molecule has 2 aliphatic rings. The Morgan fingerprint density at radius 1 is 1.04 bits per heavy atom. The summed E-state index contributed by atoms with van der Waals surface area (Å²) in [6, 6.07) is 12.1. The van der Waals surface area contributed by atoms with Gasteiger partial charge in [-0.2, -0.15) is 0 Å². The lowest BCUT2D eigenvalue weighted by Gasteiger charge is -2.18. The van der Waals surface area contributed by atoms with Crippen molar-refractivity contribution in [2.24, 2.45) is 0 Å². The molecule has 3 heterocycles. The van der Waals surface area contributed by atoms with E-state index in [1.165, 1.54) is 0 Å². The molecule has 0 amide bonds. The van der Waals surface area contributed by atoms with Gasteiger partial charge in [0.25, 0.3) is 0 Å². The summed E-state index contributed by atoms with van der Waals surface area (Å²) in [6.07, 6.45) is 3.44. The van der Waals surface area contributed by atoms with Crippen molar-refractivity contribution in [3.8, 4) is 0 Å². The van der Waals surface area contributed by atoms with Crippen LogP contribution in [-0.4, -0.2) is 25.5 Å². The van der Waals surface area contributed by atoms with Gasteiger partial charge in [-0.05, 0) is 42.2 Å². The Morgan fingerprint density at radius 2 is 1.78 bits per heavy atom. The normalized spacial score (nSPS) is 23.5. The zero-order chi connectivity index (χ0) is 16.0. The molecular weight excluding hydrogens is 332 g/mol. The fourth-order valence-corrected chi connectivity index (χ4v) is 5.47. The predicted octanol–water partition coefficient (Wildman–Crippen LogP) is 3.05. The molecule has 2 aliphatic heterocycles. The number of hydrogen-bond acceptors (Lipinski definition) is 4. The number of sulfone groups is 1. The first-order chi connectivity index (χ1) is 11.1. The molecule has 1 N–H and O–H groups in total. The summed E-state index contributed by atoms with van der Waals surface area (Å²) in [5.41, 5.74) is 1.66. The highest BCUT2D eigenvalue weighted by Gasteiger charge is 2.45. The van der Waals surface area contributed by atoms with E-state index in [-0.39, 0.29) is 12.1 Å². The number of aromatic nitrogens is 1. The average molecular weight is 347 g/mol. The first-order valence-electron chi connectivity index (χ1n) is 7.49. The second-order valence-corrected chi connectivity index (χ2v) is 8.12. The molecule has 23 heavy (non-hydrogen) atoms. The molecule has 1 fully saturated rings. The minimum absolute atomic E-state index is 0.0662. The third-order valence-electron chi connectivity index (χ3n) is 4.46. The largest absolute Gasteiger partial charge is 0.302 e. The molecule has 0 spiro atoms. The van der Waals surface area contributed by atoms with Crippen LogP contribution in [0.25, 0.3) is 5.57 Å². The van der Waals surface area contributed by atoms with E-state index in [1.807, 2.05) is 12.1 Å². The lowest BCUT2D eigenvalue weighted by Crippen LogP contribution is -2.24. The fraction of sp³-hybridized carbons (Fsp3) is 0.235. The van der Waals surface area contributed by atoms with E-state index in [1.54, 1.807) is 36.5 Å². The Hall–Kier alpha value is -1.69. The van der Waals surface area contributed by atoms with Crippen molar-refractivity contribution in [2.45, 2.75) is 29.8 Å². The topological polar surface area (TPSA) is 59.1 Å². The zero-order valence-corrected chi connectivity index (χ0v) is 13.8. The van der Waals surface area contributed by atoms with Crippen LogP contribution in [0.5, 0.6) is 0 Å². The number of rotatable bonds is 3. The molecule has 2 bridgehead atoms. The second-order valence-electron chi connectivity index (χ2n) is 5.81. The maximum absolute atomic E-state index is 13.1. The Morgan fingerprint density at radius 3 is 2.48 bits per heavy atom. The van der Waals surface area contributed by atoms with E-state index in [0.29, 0.717) is 15.0 Å². The average Bonchev–Trinajstić information content (AvgIpc) is 3.18. The van der Waals surface area contributed by atoms with Crippen molar-refractivity contribution >= 4 is 27.0 Å². The molecule has 2 atom stereocenters. The number of pyridine rings is 1. The van der Waals surface area contributed by atoms with Crippen LogP contribution in [0.4, 0.5) is 0 Å². The van der Waals surface area contributed by atoms with Gasteiger partial charge in [-0.1, -0.05) is 35.9 Å². The van der Waals surface area contributed by atoms with Gasteiger partial charge in [-0.3, -0.25) is 0 Å². The summed E-state index contributed by atoms with van der Waals surface area (Å²) in [7, 11) is -3.52. The smallest absolute Gasteiger partial charge is 0.204 e. The monoisotopic (exact) mass is 346 g/mol. The molecule has 0 aliphatic carbocycles. The van der Waals surface area contributed by atoms with E-state index in [4.69, 9.17) is 11.6 Å². The molecule has 118 valence electrons. The minimum Gasteiger partial charge on any atom is -0.302 e. The Labute approximate surface area is 140 Å². The van der Waals surface area contributed by atoms with Gasteiger partial charge in [0.1, 0.15) is 5.15 Å². The summed E-state index contributed by atoms with van der Waals surface area (Å²) >= 11 is 5.86. The second kappa shape index (κ2) is 5.44. The molecule has 4 rings (SSSR count). The molecule has 1 aromatic heterocycles. The fourth-order valence-electron chi connectivity index (χ4n) is 3.47. The van der Waals surface area contributed by atoms with Crippen LogP contribution >= 0.6 is 11.6 Å². The van der Waals surface area contributed by atoms with Crippen LogP contribution in [0.3, 0.4) is 0 Å². The van der Waals surface area contributed by atoms with Crippen molar-refractivity contribution < 1.29 is 8.42 Å². The van der Waals surface area contributed by atoms with Gasteiger partial charge < -0.3 is 5.32 Å². The molecular formula is C17H15ClN2O2S. The molecule has 2 unspecified atom stereocenters. The Bertz CT molecular complexity index is 877. The minimum atomic E-state index is -3.52. The van der Waals surface area contributed by atoms with Gasteiger partial charge >= 0.3 is 0 Å². The molecule has 0 saturated carbocycles. The highest BCUT2D eigenvalue weighted by Crippen LogP contribution is 2.43. The summed E-state index contributed by atoms with van der Waals surface area (Å²) < 4.78 is 26.3. The third-order valence-corrected chi connectivity index (χ3v) is 6.66. The van der Waals surface area contributed by atoms with Crippen molar-refractivity contribution in [1.82, 2.24) is 10.3 Å². The van der Waals surface area contributed by atoms with Crippen molar-refractivity contribution in [2.75, 3.05) is 0 Å². The highest BCUT2D eigenvalue weighted by molar-refractivity contribution is 7.95. The molecule has 1 aromatic carbocycles. The first-order valence-corrected chi connectivity index (χ1v) is 9.35. The van der Waals surface area contributed by atoms with E-state index < -0.39 is 9.84 Å². The standard InChI is InChI=1S/C17H15ClN2O2S/c18-15-9-6-11(10-19-15)16-13-7-8-14(20-13)17(16)23(21,22)12-4-2-1-3-5-12/h1-6,9-10,13-14,20H,7-8H2. The Kier molecular flexibility index (Phi) is 3.52. The summed E-state index contributed by atoms with van der Waals surface area (Å²) in [5, 5.41) is 3.80. The maximum atomic E-state index is 13.1. The number of halogens is 1. The van der Waals surface area contributed by atoms with E-state index in [2.05, 4.69) is 10.3 Å². The molecule has 2 aromatic rings. The summed E-state index contributed by atoms with van der Waals surface area (Å²) in [4.78, 5) is 4.93. The highest BCUT2D eigenvalue weighted by atomic mass is 35.5. The van der Waals surface area contributed by atoms with Crippen LogP contribution in [-0.2, 0) is 9.84 Å². The van der Waals surface area contributed by atoms with Crippen LogP contribution in [0.1, 0.15) is 18.4 Å². The number of fused-ring (bicyclic) bond motifs is 2. The molecule has 1 saturated heterocycles. The van der Waals surface area contributed by atoms with E-state index in [9.17, 15) is 8.42 Å². The van der Waals surface area contributed by atoms with Gasteiger partial charge in [0.05, 0.1) is 9.80 Å². The molecule has 6 heteroatoms. The van der Waals surface area contributed by atoms with Gasteiger partial charge in [-0.15, -0.1) is 0 Å². The molecule has 4 nitrogen and oxygen atoms in total. The van der Waals surface area contributed by atoms with Crippen LogP contribution < -0.4 is 5.32 Å². The summed E-state index contributed by atoms with van der Waals surface area (Å²) in [5.74, 6) is 0. The number of nitrogens with zero attached hydrogens (tertiary/aromatic N) is 1. The third kappa shape index (κ3) is 2.40. The SMILES string of the molecule is O=S(=O)(C1=C(c2ccc(Cl)nc2)C2CCC1N2)c1ccccc1. The lowest BCUT2D eigenvalue weighted by atomic mass is 9.94. The Balaban J connectivity index is 1.91. The first kappa shape index (κ1) is 14.9. The van der Waals surface area contributed by atoms with Crippen LogP contribution in [0, 0.1) is 0 Å². The lowest BCUT2D eigenvalue weighted by molar-refractivity contribution is 0.595. The van der Waals surface area contributed by atoms with Gasteiger partial charge in [0, 0.05) is 18.3 Å². The van der Waals surface area contributed by atoms with Crippen LogP contribution in [0.2, 0.25) is 5.15 Å². The zero-order valence-electron chi connectivity index (χ0n) is 12.2. The van der Waals surface area contributed by atoms with Crippen LogP contribution in [0.15, 0.2) is 58.5 Å². The number of nitrogens with one attached hydrogen (secondary N) is 1. The van der Waals surface area contributed by atoms with E-state index >= 15 is 0 Å². The van der Waals surface area contributed by atoms with Crippen molar-refractivity contribution in [3.05, 3.63) is 64.3 Å². The number of hydrogen-bond donors (Lipinski definition) is 1.